The summed E-state index contributed by atoms with van der Waals surface area (Å²) in [7, 11) is -3.47. The molecular weight excluding hydrogens is 260 g/mol. The number of rotatable bonds is 4. The summed E-state index contributed by atoms with van der Waals surface area (Å²) in [5.74, 6) is -0.226. The number of hydrogen-bond acceptors (Lipinski definition) is 4. The summed E-state index contributed by atoms with van der Waals surface area (Å²) in [4.78, 5) is -0.0736. The van der Waals surface area contributed by atoms with Gasteiger partial charge >= 0.3 is 0 Å². The molecule has 0 amide bonds. The molecule has 0 radical (unpaired) electrons. The average Bonchev–Trinajstić information content (AvgIpc) is 2.18. The molecule has 1 aromatic carbocycles. The lowest BCUT2D eigenvalue weighted by Crippen LogP contribution is -2.08. The SMILES string of the molecule is O=S([O-])c1cccc(S(=O)(=O)CCCl)c1. The van der Waals surface area contributed by atoms with Crippen LogP contribution in [-0.2, 0) is 20.9 Å². The molecule has 0 aliphatic carbocycles. The van der Waals surface area contributed by atoms with Crippen LogP contribution in [0.2, 0.25) is 0 Å². The van der Waals surface area contributed by atoms with Gasteiger partial charge in [0.15, 0.2) is 9.84 Å². The van der Waals surface area contributed by atoms with Crippen molar-refractivity contribution < 1.29 is 17.2 Å². The standard InChI is InChI=1S/C8H9ClO4S2/c9-4-5-15(12,13)8-3-1-2-7(6-8)14(10)11/h1-3,6H,4-5H2,(H,10,11)/p-1. The van der Waals surface area contributed by atoms with Crippen molar-refractivity contribution in [2.45, 2.75) is 9.79 Å². The van der Waals surface area contributed by atoms with Crippen molar-refractivity contribution in [2.75, 3.05) is 11.6 Å². The molecule has 15 heavy (non-hydrogen) atoms. The smallest absolute Gasteiger partial charge is 0.179 e. The lowest BCUT2D eigenvalue weighted by Gasteiger charge is -2.07. The van der Waals surface area contributed by atoms with Gasteiger partial charge in [0.1, 0.15) is 0 Å². The Morgan fingerprint density at radius 3 is 2.60 bits per heavy atom. The highest BCUT2D eigenvalue weighted by molar-refractivity contribution is 7.91. The zero-order chi connectivity index (χ0) is 11.5. The third-order valence-electron chi connectivity index (χ3n) is 1.70. The van der Waals surface area contributed by atoms with Gasteiger partial charge in [-0.2, -0.15) is 0 Å². The summed E-state index contributed by atoms with van der Waals surface area (Å²) in [5.41, 5.74) is 0. The quantitative estimate of drug-likeness (QED) is 0.601. The van der Waals surface area contributed by atoms with Crippen molar-refractivity contribution in [1.29, 1.82) is 0 Å². The third-order valence-corrected chi connectivity index (χ3v) is 4.47. The molecule has 1 atom stereocenters. The van der Waals surface area contributed by atoms with Gasteiger partial charge < -0.3 is 4.55 Å². The van der Waals surface area contributed by atoms with Crippen LogP contribution in [-0.4, -0.2) is 28.8 Å². The third kappa shape index (κ3) is 3.27. The number of hydrogen-bond donors (Lipinski definition) is 0. The molecule has 0 saturated heterocycles. The minimum atomic E-state index is -3.47. The van der Waals surface area contributed by atoms with Crippen molar-refractivity contribution in [3.63, 3.8) is 0 Å². The van der Waals surface area contributed by atoms with E-state index in [-0.39, 0.29) is 21.4 Å². The van der Waals surface area contributed by atoms with Crippen molar-refractivity contribution in [3.8, 4) is 0 Å². The monoisotopic (exact) mass is 267 g/mol. The van der Waals surface area contributed by atoms with Gasteiger partial charge in [-0.25, -0.2) is 8.42 Å². The Balaban J connectivity index is 3.16. The van der Waals surface area contributed by atoms with E-state index in [1.165, 1.54) is 18.2 Å². The maximum atomic E-state index is 11.5. The molecule has 0 saturated carbocycles. The first kappa shape index (κ1) is 12.6. The highest BCUT2D eigenvalue weighted by atomic mass is 35.5. The van der Waals surface area contributed by atoms with Crippen LogP contribution in [0.25, 0.3) is 0 Å². The molecule has 0 fully saturated rings. The van der Waals surface area contributed by atoms with Crippen LogP contribution in [0.3, 0.4) is 0 Å². The molecule has 0 spiro atoms. The van der Waals surface area contributed by atoms with E-state index in [1.807, 2.05) is 0 Å². The second kappa shape index (κ2) is 5.07. The van der Waals surface area contributed by atoms with Crippen molar-refractivity contribution >= 4 is 32.5 Å². The Bertz CT molecular complexity index is 469. The van der Waals surface area contributed by atoms with E-state index in [9.17, 15) is 17.2 Å². The molecule has 0 aliphatic heterocycles. The fourth-order valence-electron chi connectivity index (χ4n) is 0.991. The fraction of sp³-hybridized carbons (Fsp3) is 0.250. The highest BCUT2D eigenvalue weighted by Crippen LogP contribution is 2.15. The molecule has 0 bridgehead atoms. The maximum Gasteiger partial charge on any atom is 0.179 e. The topological polar surface area (TPSA) is 74.3 Å². The summed E-state index contributed by atoms with van der Waals surface area (Å²) in [6.45, 7) is 0. The first-order valence-corrected chi connectivity index (χ1v) is 7.21. The molecule has 0 N–H and O–H groups in total. The van der Waals surface area contributed by atoms with Gasteiger partial charge in [0.05, 0.1) is 10.6 Å². The van der Waals surface area contributed by atoms with Gasteiger partial charge in [0.2, 0.25) is 0 Å². The first-order valence-electron chi connectivity index (χ1n) is 3.95. The molecule has 7 heteroatoms. The Morgan fingerprint density at radius 1 is 1.40 bits per heavy atom. The zero-order valence-corrected chi connectivity index (χ0v) is 9.94. The summed E-state index contributed by atoms with van der Waals surface area (Å²) >= 11 is 2.91. The number of halogens is 1. The average molecular weight is 268 g/mol. The van der Waals surface area contributed by atoms with Gasteiger partial charge in [-0.3, -0.25) is 4.21 Å². The van der Waals surface area contributed by atoms with Gasteiger partial charge in [0.25, 0.3) is 0 Å². The zero-order valence-electron chi connectivity index (χ0n) is 7.55. The van der Waals surface area contributed by atoms with Crippen molar-refractivity contribution in [1.82, 2.24) is 0 Å². The molecule has 0 heterocycles. The van der Waals surface area contributed by atoms with Crippen molar-refractivity contribution in [3.05, 3.63) is 24.3 Å². The summed E-state index contributed by atoms with van der Waals surface area (Å²) in [5, 5.41) is 0. The van der Waals surface area contributed by atoms with Gasteiger partial charge in [0, 0.05) is 10.8 Å². The van der Waals surface area contributed by atoms with Crippen molar-refractivity contribution in [2.24, 2.45) is 0 Å². The molecule has 4 nitrogen and oxygen atoms in total. The van der Waals surface area contributed by atoms with E-state index < -0.39 is 20.9 Å². The minimum Gasteiger partial charge on any atom is -0.768 e. The van der Waals surface area contributed by atoms with E-state index in [0.717, 1.165) is 6.07 Å². The normalized spacial score (nSPS) is 13.7. The molecule has 1 rings (SSSR count). The maximum absolute atomic E-state index is 11.5. The second-order valence-electron chi connectivity index (χ2n) is 2.72. The Kier molecular flexibility index (Phi) is 4.27. The minimum absolute atomic E-state index is 0.0208. The molecule has 0 aliphatic rings. The summed E-state index contributed by atoms with van der Waals surface area (Å²) < 4.78 is 44.3. The van der Waals surface area contributed by atoms with Crippen LogP contribution in [0, 0.1) is 0 Å². The lowest BCUT2D eigenvalue weighted by molar-refractivity contribution is 0.537. The van der Waals surface area contributed by atoms with E-state index in [1.54, 1.807) is 0 Å². The van der Waals surface area contributed by atoms with Gasteiger partial charge in [-0.1, -0.05) is 6.07 Å². The predicted molar refractivity (Wildman–Crippen MR) is 56.4 cm³/mol. The van der Waals surface area contributed by atoms with Gasteiger partial charge in [-0.15, -0.1) is 11.6 Å². The van der Waals surface area contributed by atoms with Crippen LogP contribution in [0.15, 0.2) is 34.1 Å². The Labute approximate surface area is 95.5 Å². The van der Waals surface area contributed by atoms with E-state index >= 15 is 0 Å². The Morgan fingerprint density at radius 2 is 2.07 bits per heavy atom. The van der Waals surface area contributed by atoms with Crippen LogP contribution in [0.4, 0.5) is 0 Å². The number of benzene rings is 1. The summed E-state index contributed by atoms with van der Waals surface area (Å²) in [6, 6.07) is 5.16. The predicted octanol–water partition coefficient (Wildman–Crippen LogP) is 0.937. The highest BCUT2D eigenvalue weighted by Gasteiger charge is 2.13. The molecule has 0 aromatic heterocycles. The van der Waals surface area contributed by atoms with Gasteiger partial charge in [-0.05, 0) is 29.3 Å². The second-order valence-corrected chi connectivity index (χ2v) is 6.15. The van der Waals surface area contributed by atoms with Crippen LogP contribution >= 0.6 is 11.6 Å². The van der Waals surface area contributed by atoms with E-state index in [2.05, 4.69) is 0 Å². The molecular formula is C8H8ClO4S2-. The lowest BCUT2D eigenvalue weighted by atomic mass is 10.4. The van der Waals surface area contributed by atoms with E-state index in [4.69, 9.17) is 11.6 Å². The number of alkyl halides is 1. The van der Waals surface area contributed by atoms with Crippen LogP contribution in [0.5, 0.6) is 0 Å². The number of sulfone groups is 1. The molecule has 84 valence electrons. The summed E-state index contributed by atoms with van der Waals surface area (Å²) in [6.07, 6.45) is 0. The van der Waals surface area contributed by atoms with Crippen LogP contribution in [0.1, 0.15) is 0 Å². The molecule has 1 unspecified atom stereocenters. The molecule has 1 aromatic rings. The first-order chi connectivity index (χ1) is 6.97. The fourth-order valence-corrected chi connectivity index (χ4v) is 3.12. The Hall–Kier alpha value is -0.430. The largest absolute Gasteiger partial charge is 0.768 e. The van der Waals surface area contributed by atoms with Crippen LogP contribution < -0.4 is 0 Å². The van der Waals surface area contributed by atoms with E-state index in [0.29, 0.717) is 0 Å².